The van der Waals surface area contributed by atoms with E-state index in [9.17, 15) is 9.59 Å². The van der Waals surface area contributed by atoms with Crippen LogP contribution >= 0.6 is 0 Å². The lowest BCUT2D eigenvalue weighted by Gasteiger charge is -2.33. The number of rotatable bonds is 4. The van der Waals surface area contributed by atoms with E-state index in [0.29, 0.717) is 30.9 Å². The number of imide groups is 1. The summed E-state index contributed by atoms with van der Waals surface area (Å²) < 4.78 is 11.4. The van der Waals surface area contributed by atoms with Crippen molar-refractivity contribution in [1.29, 1.82) is 0 Å². The van der Waals surface area contributed by atoms with Crippen LogP contribution in [0, 0.1) is 5.92 Å². The first-order valence-corrected chi connectivity index (χ1v) is 7.30. The zero-order chi connectivity index (χ0) is 15.0. The van der Waals surface area contributed by atoms with Crippen molar-refractivity contribution in [2.45, 2.75) is 26.1 Å². The van der Waals surface area contributed by atoms with Gasteiger partial charge in [0.05, 0.1) is 24.3 Å². The maximum absolute atomic E-state index is 12.4. The fraction of sp³-hybridized carbons (Fsp3) is 0.500. The van der Waals surface area contributed by atoms with Crippen molar-refractivity contribution in [1.82, 2.24) is 4.90 Å². The second kappa shape index (κ2) is 5.24. The monoisotopic (exact) mass is 289 g/mol. The maximum Gasteiger partial charge on any atom is 0.261 e. The van der Waals surface area contributed by atoms with Crippen molar-refractivity contribution in [2.75, 3.05) is 19.8 Å². The normalized spacial score (nSPS) is 21.7. The molecule has 5 nitrogen and oxygen atoms in total. The van der Waals surface area contributed by atoms with Crippen molar-refractivity contribution >= 4 is 11.8 Å². The molecule has 1 fully saturated rings. The van der Waals surface area contributed by atoms with Gasteiger partial charge in [0, 0.05) is 12.5 Å². The van der Waals surface area contributed by atoms with Gasteiger partial charge in [-0.05, 0) is 25.5 Å². The van der Waals surface area contributed by atoms with Crippen LogP contribution < -0.4 is 0 Å². The van der Waals surface area contributed by atoms with Crippen molar-refractivity contribution in [2.24, 2.45) is 5.92 Å². The van der Waals surface area contributed by atoms with Crippen LogP contribution in [0.25, 0.3) is 0 Å². The Kier molecular flexibility index (Phi) is 3.55. The van der Waals surface area contributed by atoms with Crippen LogP contribution in [0.4, 0.5) is 0 Å². The maximum atomic E-state index is 12.4. The quantitative estimate of drug-likeness (QED) is 0.796. The third kappa shape index (κ3) is 2.26. The Balaban J connectivity index is 1.82. The molecule has 0 spiro atoms. The molecular formula is C16H19NO4. The smallest absolute Gasteiger partial charge is 0.261 e. The average Bonchev–Trinajstić information content (AvgIpc) is 3.03. The van der Waals surface area contributed by atoms with Gasteiger partial charge in [-0.25, -0.2) is 0 Å². The summed E-state index contributed by atoms with van der Waals surface area (Å²) in [5, 5.41) is 0. The average molecular weight is 289 g/mol. The van der Waals surface area contributed by atoms with Crippen molar-refractivity contribution in [3.63, 3.8) is 0 Å². The Hall–Kier alpha value is -1.72. The summed E-state index contributed by atoms with van der Waals surface area (Å²) >= 11 is 0. The molecule has 0 aromatic heterocycles. The number of carbonyl (C=O) groups is 2. The molecule has 1 aromatic rings. The van der Waals surface area contributed by atoms with Crippen LogP contribution in [0.15, 0.2) is 24.3 Å². The van der Waals surface area contributed by atoms with E-state index in [4.69, 9.17) is 9.47 Å². The lowest BCUT2D eigenvalue weighted by atomic mass is 9.96. The third-order valence-electron chi connectivity index (χ3n) is 4.38. The molecule has 0 bridgehead atoms. The number of hydrogen-bond acceptors (Lipinski definition) is 4. The number of benzene rings is 1. The van der Waals surface area contributed by atoms with Gasteiger partial charge in [0.1, 0.15) is 0 Å². The number of ether oxygens (including phenoxy) is 2. The van der Waals surface area contributed by atoms with Crippen molar-refractivity contribution in [3.8, 4) is 0 Å². The van der Waals surface area contributed by atoms with Gasteiger partial charge in [0.15, 0.2) is 5.79 Å². The fourth-order valence-corrected chi connectivity index (χ4v) is 3.06. The van der Waals surface area contributed by atoms with Crippen molar-refractivity contribution in [3.05, 3.63) is 35.4 Å². The van der Waals surface area contributed by atoms with E-state index >= 15 is 0 Å². The molecule has 1 saturated heterocycles. The summed E-state index contributed by atoms with van der Waals surface area (Å²) in [6.45, 7) is 5.31. The largest absolute Gasteiger partial charge is 0.347 e. The minimum atomic E-state index is -0.718. The third-order valence-corrected chi connectivity index (χ3v) is 4.38. The number of amides is 2. The van der Waals surface area contributed by atoms with Crippen LogP contribution in [-0.2, 0) is 9.47 Å². The number of nitrogens with zero attached hydrogens (tertiary/aromatic N) is 1. The highest BCUT2D eigenvalue weighted by Crippen LogP contribution is 2.33. The summed E-state index contributed by atoms with van der Waals surface area (Å²) in [6, 6.07) is 6.94. The Labute approximate surface area is 123 Å². The van der Waals surface area contributed by atoms with E-state index < -0.39 is 5.79 Å². The predicted molar refractivity (Wildman–Crippen MR) is 75.9 cm³/mol. The molecule has 2 amide bonds. The Morgan fingerprint density at radius 1 is 1.14 bits per heavy atom. The molecule has 0 saturated carbocycles. The molecule has 2 aliphatic heterocycles. The van der Waals surface area contributed by atoms with E-state index in [0.717, 1.165) is 6.42 Å². The molecule has 1 unspecified atom stereocenters. The molecule has 2 heterocycles. The molecule has 1 aromatic carbocycles. The van der Waals surface area contributed by atoms with Crippen LogP contribution in [0.2, 0.25) is 0 Å². The van der Waals surface area contributed by atoms with Crippen LogP contribution in [-0.4, -0.2) is 42.3 Å². The molecule has 3 rings (SSSR count). The van der Waals surface area contributed by atoms with E-state index in [1.165, 1.54) is 4.90 Å². The molecule has 2 aliphatic rings. The predicted octanol–water partition coefficient (Wildman–Crippen LogP) is 2.07. The lowest BCUT2D eigenvalue weighted by molar-refractivity contribution is -0.183. The first-order chi connectivity index (χ1) is 10.1. The molecule has 0 N–H and O–H groups in total. The van der Waals surface area contributed by atoms with Gasteiger partial charge in [-0.2, -0.15) is 0 Å². The highest BCUT2D eigenvalue weighted by Gasteiger charge is 2.43. The second-order valence-corrected chi connectivity index (χ2v) is 5.58. The minimum Gasteiger partial charge on any atom is -0.347 e. The molecule has 112 valence electrons. The van der Waals surface area contributed by atoms with Gasteiger partial charge in [-0.15, -0.1) is 0 Å². The van der Waals surface area contributed by atoms with Gasteiger partial charge < -0.3 is 9.47 Å². The zero-order valence-electron chi connectivity index (χ0n) is 12.3. The summed E-state index contributed by atoms with van der Waals surface area (Å²) in [7, 11) is 0. The van der Waals surface area contributed by atoms with Crippen LogP contribution in [0.5, 0.6) is 0 Å². The Bertz CT molecular complexity index is 542. The molecule has 21 heavy (non-hydrogen) atoms. The Morgan fingerprint density at radius 2 is 1.67 bits per heavy atom. The van der Waals surface area contributed by atoms with Gasteiger partial charge in [-0.1, -0.05) is 19.1 Å². The van der Waals surface area contributed by atoms with Crippen LogP contribution in [0.3, 0.4) is 0 Å². The first-order valence-electron chi connectivity index (χ1n) is 7.30. The molecule has 0 radical (unpaired) electrons. The summed E-state index contributed by atoms with van der Waals surface area (Å²) in [5.74, 6) is -1.21. The molecule has 5 heteroatoms. The van der Waals surface area contributed by atoms with Gasteiger partial charge in [-0.3, -0.25) is 14.5 Å². The fourth-order valence-electron chi connectivity index (χ4n) is 3.06. The standard InChI is InChI=1S/C16H19NO4/c1-3-11(16(2)20-8-9-21-16)10-17-14(18)12-6-4-5-7-13(12)15(17)19/h4-7,11H,3,8-10H2,1-2H3. The number of hydrogen-bond donors (Lipinski definition) is 0. The highest BCUT2D eigenvalue weighted by molar-refractivity contribution is 6.21. The second-order valence-electron chi connectivity index (χ2n) is 5.58. The summed E-state index contributed by atoms with van der Waals surface area (Å²) in [4.78, 5) is 26.1. The van der Waals surface area contributed by atoms with E-state index in [1.54, 1.807) is 24.3 Å². The molecule has 0 aliphatic carbocycles. The molecule has 1 atom stereocenters. The topological polar surface area (TPSA) is 55.8 Å². The van der Waals surface area contributed by atoms with Crippen molar-refractivity contribution < 1.29 is 19.1 Å². The summed E-state index contributed by atoms with van der Waals surface area (Å²) in [5.41, 5.74) is 0.964. The molecular weight excluding hydrogens is 270 g/mol. The number of fused-ring (bicyclic) bond motifs is 1. The van der Waals surface area contributed by atoms with E-state index in [2.05, 4.69) is 0 Å². The van der Waals surface area contributed by atoms with E-state index in [-0.39, 0.29) is 17.7 Å². The van der Waals surface area contributed by atoms with Gasteiger partial charge in [0.25, 0.3) is 11.8 Å². The van der Waals surface area contributed by atoms with Gasteiger partial charge in [0.2, 0.25) is 0 Å². The van der Waals surface area contributed by atoms with E-state index in [1.807, 2.05) is 13.8 Å². The zero-order valence-corrected chi connectivity index (χ0v) is 12.3. The lowest BCUT2D eigenvalue weighted by Crippen LogP contribution is -2.45. The van der Waals surface area contributed by atoms with Crippen LogP contribution in [0.1, 0.15) is 41.0 Å². The Morgan fingerprint density at radius 3 is 2.14 bits per heavy atom. The van der Waals surface area contributed by atoms with Gasteiger partial charge >= 0.3 is 0 Å². The summed E-state index contributed by atoms with van der Waals surface area (Å²) in [6.07, 6.45) is 0.768. The minimum absolute atomic E-state index is 0.0396. The SMILES string of the molecule is CCC(CN1C(=O)c2ccccc2C1=O)C1(C)OCCO1. The highest BCUT2D eigenvalue weighted by atomic mass is 16.7. The first kappa shape index (κ1) is 14.2. The number of carbonyl (C=O) groups excluding carboxylic acids is 2.